The monoisotopic (exact) mass is 292 g/mol. The Morgan fingerprint density at radius 2 is 2.10 bits per heavy atom. The van der Waals surface area contributed by atoms with E-state index in [-0.39, 0.29) is 24.3 Å². The zero-order chi connectivity index (χ0) is 15.0. The van der Waals surface area contributed by atoms with Crippen molar-refractivity contribution < 1.29 is 14.3 Å². The van der Waals surface area contributed by atoms with Crippen molar-refractivity contribution >= 4 is 23.6 Å². The summed E-state index contributed by atoms with van der Waals surface area (Å²) in [7, 11) is 0. The third kappa shape index (κ3) is 5.33. The van der Waals surface area contributed by atoms with Crippen molar-refractivity contribution in [2.75, 3.05) is 12.4 Å². The van der Waals surface area contributed by atoms with Crippen LogP contribution in [0.5, 0.6) is 0 Å². The van der Waals surface area contributed by atoms with E-state index in [1.54, 1.807) is 30.3 Å². The normalized spacial score (nSPS) is 9.90. The number of carbonyl (C=O) groups excluding carboxylic acids is 2. The SMILES string of the molecule is CC(C)NC(=O)CSc1ccccc1C(=O)OCC#N. The molecule has 0 fully saturated rings. The second kappa shape index (κ2) is 8.23. The van der Waals surface area contributed by atoms with E-state index in [0.717, 1.165) is 0 Å². The molecule has 5 nitrogen and oxygen atoms in total. The molecule has 1 amide bonds. The van der Waals surface area contributed by atoms with Gasteiger partial charge in [-0.05, 0) is 26.0 Å². The summed E-state index contributed by atoms with van der Waals surface area (Å²) in [5.74, 6) is -0.426. The second-order valence-electron chi connectivity index (χ2n) is 4.24. The summed E-state index contributed by atoms with van der Waals surface area (Å²) in [6, 6.07) is 8.68. The molecule has 6 heteroatoms. The minimum Gasteiger partial charge on any atom is -0.447 e. The van der Waals surface area contributed by atoms with Gasteiger partial charge in [-0.1, -0.05) is 12.1 Å². The first-order chi connectivity index (χ1) is 9.54. The first-order valence-electron chi connectivity index (χ1n) is 6.10. The first kappa shape index (κ1) is 16.1. The molecule has 0 spiro atoms. The molecule has 1 N–H and O–H groups in total. The lowest BCUT2D eigenvalue weighted by Crippen LogP contribution is -2.31. The molecule has 106 valence electrons. The number of carbonyl (C=O) groups is 2. The van der Waals surface area contributed by atoms with Crippen LogP contribution in [0.2, 0.25) is 0 Å². The van der Waals surface area contributed by atoms with E-state index in [9.17, 15) is 9.59 Å². The lowest BCUT2D eigenvalue weighted by Gasteiger charge is -2.10. The van der Waals surface area contributed by atoms with Gasteiger partial charge in [0.2, 0.25) is 5.91 Å². The largest absolute Gasteiger partial charge is 0.447 e. The summed E-state index contributed by atoms with van der Waals surface area (Å²) < 4.78 is 4.78. The van der Waals surface area contributed by atoms with Gasteiger partial charge < -0.3 is 10.1 Å². The fourth-order valence-corrected chi connectivity index (χ4v) is 2.30. The summed E-state index contributed by atoms with van der Waals surface area (Å²) in [6.45, 7) is 3.48. The number of nitrogens with one attached hydrogen (secondary N) is 1. The Bertz CT molecular complexity index is 523. The minimum absolute atomic E-state index is 0.0823. The van der Waals surface area contributed by atoms with Crippen LogP contribution >= 0.6 is 11.8 Å². The molecule has 0 unspecified atom stereocenters. The maximum Gasteiger partial charge on any atom is 0.340 e. The first-order valence-corrected chi connectivity index (χ1v) is 7.08. The quantitative estimate of drug-likeness (QED) is 0.640. The molecule has 1 aromatic rings. The molecule has 0 atom stereocenters. The lowest BCUT2D eigenvalue weighted by atomic mass is 10.2. The number of nitriles is 1. The van der Waals surface area contributed by atoms with Crippen molar-refractivity contribution in [3.63, 3.8) is 0 Å². The average Bonchev–Trinajstić information content (AvgIpc) is 2.42. The predicted octanol–water partition coefficient (Wildman–Crippen LogP) is 1.98. The van der Waals surface area contributed by atoms with Gasteiger partial charge in [0.1, 0.15) is 6.07 Å². The molecule has 0 aliphatic heterocycles. The summed E-state index contributed by atoms with van der Waals surface area (Å²) >= 11 is 1.26. The van der Waals surface area contributed by atoms with Gasteiger partial charge in [0.25, 0.3) is 0 Å². The van der Waals surface area contributed by atoms with Gasteiger partial charge in [-0.25, -0.2) is 4.79 Å². The number of hydrogen-bond acceptors (Lipinski definition) is 5. The highest BCUT2D eigenvalue weighted by Gasteiger charge is 2.14. The van der Waals surface area contributed by atoms with Crippen LogP contribution in [0.1, 0.15) is 24.2 Å². The zero-order valence-corrected chi connectivity index (χ0v) is 12.2. The highest BCUT2D eigenvalue weighted by molar-refractivity contribution is 8.00. The molecule has 0 radical (unpaired) electrons. The maximum atomic E-state index is 11.8. The number of rotatable bonds is 6. The Hall–Kier alpha value is -2.00. The van der Waals surface area contributed by atoms with E-state index in [2.05, 4.69) is 5.32 Å². The van der Waals surface area contributed by atoms with Crippen molar-refractivity contribution in [1.82, 2.24) is 5.32 Å². The van der Waals surface area contributed by atoms with Gasteiger partial charge in [-0.2, -0.15) is 5.26 Å². The number of amides is 1. The highest BCUT2D eigenvalue weighted by atomic mass is 32.2. The number of hydrogen-bond donors (Lipinski definition) is 1. The van der Waals surface area contributed by atoms with Gasteiger partial charge in [0, 0.05) is 10.9 Å². The predicted molar refractivity (Wildman–Crippen MR) is 76.3 cm³/mol. The molecule has 0 bridgehead atoms. The van der Waals surface area contributed by atoms with Crippen LogP contribution in [0, 0.1) is 11.3 Å². The fraction of sp³-hybridized carbons (Fsp3) is 0.357. The van der Waals surface area contributed by atoms with Crippen molar-refractivity contribution in [2.45, 2.75) is 24.8 Å². The smallest absolute Gasteiger partial charge is 0.340 e. The molecule has 0 aliphatic carbocycles. The molecule has 20 heavy (non-hydrogen) atoms. The Balaban J connectivity index is 2.69. The van der Waals surface area contributed by atoms with E-state index >= 15 is 0 Å². The molecule has 0 saturated carbocycles. The van der Waals surface area contributed by atoms with Gasteiger partial charge in [-0.3, -0.25) is 4.79 Å². The van der Waals surface area contributed by atoms with Gasteiger partial charge in [0.05, 0.1) is 11.3 Å². The Labute approximate surface area is 122 Å². The van der Waals surface area contributed by atoms with Crippen molar-refractivity contribution in [3.05, 3.63) is 29.8 Å². The second-order valence-corrected chi connectivity index (χ2v) is 5.26. The van der Waals surface area contributed by atoms with E-state index in [1.165, 1.54) is 11.8 Å². The van der Waals surface area contributed by atoms with E-state index in [0.29, 0.717) is 10.5 Å². The topological polar surface area (TPSA) is 79.2 Å². The van der Waals surface area contributed by atoms with Crippen LogP contribution in [0.25, 0.3) is 0 Å². The van der Waals surface area contributed by atoms with Crippen molar-refractivity contribution in [1.29, 1.82) is 5.26 Å². The Kier molecular flexibility index (Phi) is 6.60. The van der Waals surface area contributed by atoms with Gasteiger partial charge in [0.15, 0.2) is 6.61 Å². The summed E-state index contributed by atoms with van der Waals surface area (Å²) in [5, 5.41) is 11.2. The average molecular weight is 292 g/mol. The number of nitrogens with zero attached hydrogens (tertiary/aromatic N) is 1. The maximum absolute atomic E-state index is 11.8. The third-order valence-electron chi connectivity index (χ3n) is 2.18. The molecular weight excluding hydrogens is 276 g/mol. The standard InChI is InChI=1S/C14H16N2O3S/c1-10(2)16-13(17)9-20-12-6-4-3-5-11(12)14(18)19-8-7-15/h3-6,10H,8-9H2,1-2H3,(H,16,17). The molecule has 0 saturated heterocycles. The fourth-order valence-electron chi connectivity index (χ4n) is 1.44. The number of benzene rings is 1. The molecule has 0 heterocycles. The highest BCUT2D eigenvalue weighted by Crippen LogP contribution is 2.23. The van der Waals surface area contributed by atoms with Crippen LogP contribution in [-0.4, -0.2) is 30.3 Å². The van der Waals surface area contributed by atoms with Crippen LogP contribution in [-0.2, 0) is 9.53 Å². The number of thioether (sulfide) groups is 1. The van der Waals surface area contributed by atoms with Gasteiger partial charge >= 0.3 is 5.97 Å². The molecule has 1 rings (SSSR count). The molecule has 0 aromatic heterocycles. The molecule has 0 aliphatic rings. The van der Waals surface area contributed by atoms with Crippen LogP contribution in [0.15, 0.2) is 29.2 Å². The van der Waals surface area contributed by atoms with Crippen molar-refractivity contribution in [3.8, 4) is 6.07 Å². The molecule has 1 aromatic carbocycles. The zero-order valence-electron chi connectivity index (χ0n) is 11.4. The number of ether oxygens (including phenoxy) is 1. The van der Waals surface area contributed by atoms with Crippen molar-refractivity contribution in [2.24, 2.45) is 0 Å². The molecular formula is C14H16N2O3S. The summed E-state index contributed by atoms with van der Waals surface area (Å²) in [6.07, 6.45) is 0. The minimum atomic E-state index is -0.557. The Morgan fingerprint density at radius 3 is 2.75 bits per heavy atom. The summed E-state index contributed by atoms with van der Waals surface area (Å²) in [4.78, 5) is 24.0. The summed E-state index contributed by atoms with van der Waals surface area (Å²) in [5.41, 5.74) is 0.366. The van der Waals surface area contributed by atoms with Gasteiger partial charge in [-0.15, -0.1) is 11.8 Å². The third-order valence-corrected chi connectivity index (χ3v) is 3.26. The van der Waals surface area contributed by atoms with Crippen LogP contribution in [0.4, 0.5) is 0 Å². The van der Waals surface area contributed by atoms with Crippen LogP contribution in [0.3, 0.4) is 0 Å². The lowest BCUT2D eigenvalue weighted by molar-refractivity contribution is -0.119. The number of esters is 1. The van der Waals surface area contributed by atoms with E-state index in [4.69, 9.17) is 10.00 Å². The van der Waals surface area contributed by atoms with E-state index < -0.39 is 5.97 Å². The van der Waals surface area contributed by atoms with E-state index in [1.807, 2.05) is 13.8 Å². The Morgan fingerprint density at radius 1 is 1.40 bits per heavy atom. The van der Waals surface area contributed by atoms with Crippen LogP contribution < -0.4 is 5.32 Å².